The Morgan fingerprint density at radius 1 is 1.12 bits per heavy atom. The number of hydrogen-bond donors (Lipinski definition) is 1. The van der Waals surface area contributed by atoms with Crippen LogP contribution in [0.3, 0.4) is 0 Å². The largest absolute Gasteiger partial charge is 0.376 e. The molecule has 2 aliphatic rings. The number of ether oxygens (including phenoxy) is 1. The van der Waals surface area contributed by atoms with Gasteiger partial charge in [-0.3, -0.25) is 19.3 Å². The number of carbonyl (C=O) groups is 4. The number of hydrogen-bond acceptors (Lipinski definition) is 5. The Hall–Kier alpha value is -2.74. The summed E-state index contributed by atoms with van der Waals surface area (Å²) in [6, 6.07) is 8.10. The van der Waals surface area contributed by atoms with E-state index in [0.717, 1.165) is 23.3 Å². The molecule has 0 radical (unpaired) electrons. The molecule has 8 heteroatoms. The molecule has 5 amide bonds. The van der Waals surface area contributed by atoms with Crippen LogP contribution in [0.2, 0.25) is 0 Å². The smallest absolute Gasteiger partial charge is 0.335 e. The molecule has 1 aromatic carbocycles. The topological polar surface area (TPSA) is 96.0 Å². The van der Waals surface area contributed by atoms with Crippen molar-refractivity contribution in [3.8, 4) is 0 Å². The number of nitrogens with one attached hydrogen (secondary N) is 1. The van der Waals surface area contributed by atoms with Gasteiger partial charge in [0, 0.05) is 13.2 Å². The molecule has 2 saturated heterocycles. The molecule has 2 aliphatic heterocycles. The van der Waals surface area contributed by atoms with Gasteiger partial charge in [0.25, 0.3) is 0 Å². The summed E-state index contributed by atoms with van der Waals surface area (Å²) in [6.07, 6.45) is 1.78. The Balaban J connectivity index is 1.58. The van der Waals surface area contributed by atoms with Crippen LogP contribution in [-0.4, -0.2) is 59.4 Å². The maximum absolute atomic E-state index is 12.3. The van der Waals surface area contributed by atoms with E-state index in [-0.39, 0.29) is 12.6 Å². The summed E-state index contributed by atoms with van der Waals surface area (Å²) < 4.78 is 5.39. The highest BCUT2D eigenvalue weighted by atomic mass is 16.5. The molecule has 0 saturated carbocycles. The second-order valence-corrected chi connectivity index (χ2v) is 5.99. The number of rotatable bonds is 6. The number of carbonyl (C=O) groups excluding carboxylic acids is 4. The molecule has 132 valence electrons. The Bertz CT molecular complexity index is 685. The number of benzene rings is 1. The molecule has 0 spiro atoms. The fraction of sp³-hybridized carbons (Fsp3) is 0.412. The first-order valence-corrected chi connectivity index (χ1v) is 8.16. The van der Waals surface area contributed by atoms with E-state index in [1.54, 1.807) is 24.3 Å². The summed E-state index contributed by atoms with van der Waals surface area (Å²) in [7, 11) is 0. The van der Waals surface area contributed by atoms with Crippen molar-refractivity contribution in [3.05, 3.63) is 35.9 Å². The molecular formula is C17H19N3O5. The van der Waals surface area contributed by atoms with E-state index >= 15 is 0 Å². The quantitative estimate of drug-likeness (QED) is 0.590. The summed E-state index contributed by atoms with van der Waals surface area (Å²) in [5.74, 6) is -2.39. The van der Waals surface area contributed by atoms with Crippen molar-refractivity contribution in [2.75, 3.05) is 19.7 Å². The Labute approximate surface area is 144 Å². The highest BCUT2D eigenvalue weighted by molar-refractivity contribution is 6.44. The average molecular weight is 345 g/mol. The van der Waals surface area contributed by atoms with Crippen molar-refractivity contribution in [1.82, 2.24) is 15.1 Å². The first-order chi connectivity index (χ1) is 12.1. The molecule has 2 heterocycles. The maximum Gasteiger partial charge on any atom is 0.335 e. The lowest BCUT2D eigenvalue weighted by molar-refractivity contribution is -0.144. The van der Waals surface area contributed by atoms with Gasteiger partial charge in [0.05, 0.1) is 12.6 Å². The van der Waals surface area contributed by atoms with Crippen LogP contribution in [0.4, 0.5) is 4.79 Å². The maximum atomic E-state index is 12.3. The van der Waals surface area contributed by atoms with Crippen molar-refractivity contribution in [2.45, 2.75) is 25.5 Å². The van der Waals surface area contributed by atoms with E-state index in [9.17, 15) is 19.2 Å². The molecule has 25 heavy (non-hydrogen) atoms. The summed E-state index contributed by atoms with van der Waals surface area (Å²) >= 11 is 0. The summed E-state index contributed by atoms with van der Waals surface area (Å²) in [5.41, 5.74) is 0.724. The van der Waals surface area contributed by atoms with Gasteiger partial charge in [0.2, 0.25) is 5.91 Å². The zero-order valence-electron chi connectivity index (χ0n) is 13.6. The predicted octanol–water partition coefficient (Wildman–Crippen LogP) is 0.273. The van der Waals surface area contributed by atoms with Crippen LogP contribution in [-0.2, 0) is 25.7 Å². The third kappa shape index (κ3) is 3.85. The van der Waals surface area contributed by atoms with Gasteiger partial charge < -0.3 is 10.1 Å². The molecule has 8 nitrogen and oxygen atoms in total. The van der Waals surface area contributed by atoms with E-state index in [0.29, 0.717) is 18.1 Å². The van der Waals surface area contributed by atoms with E-state index in [2.05, 4.69) is 5.32 Å². The van der Waals surface area contributed by atoms with E-state index in [1.165, 1.54) is 0 Å². The van der Waals surface area contributed by atoms with Crippen LogP contribution < -0.4 is 5.32 Å². The summed E-state index contributed by atoms with van der Waals surface area (Å²) in [6.45, 7) is 0.531. The molecule has 1 aromatic rings. The minimum absolute atomic E-state index is 0.00171. The van der Waals surface area contributed by atoms with Gasteiger partial charge in [-0.1, -0.05) is 30.3 Å². The van der Waals surface area contributed by atoms with Crippen molar-refractivity contribution < 1.29 is 23.9 Å². The molecule has 2 fully saturated rings. The Morgan fingerprint density at radius 3 is 2.52 bits per heavy atom. The van der Waals surface area contributed by atoms with E-state index < -0.39 is 30.3 Å². The fourth-order valence-electron chi connectivity index (χ4n) is 2.83. The first kappa shape index (κ1) is 17.1. The van der Waals surface area contributed by atoms with Crippen molar-refractivity contribution >= 4 is 23.8 Å². The van der Waals surface area contributed by atoms with E-state index in [4.69, 9.17) is 4.74 Å². The van der Waals surface area contributed by atoms with Crippen molar-refractivity contribution in [2.24, 2.45) is 0 Å². The van der Waals surface area contributed by atoms with Gasteiger partial charge in [0.15, 0.2) is 0 Å². The molecule has 3 rings (SSSR count). The van der Waals surface area contributed by atoms with Crippen LogP contribution in [0.1, 0.15) is 18.4 Å². The fourth-order valence-corrected chi connectivity index (χ4v) is 2.83. The summed E-state index contributed by atoms with van der Waals surface area (Å²) in [4.78, 5) is 49.9. The van der Waals surface area contributed by atoms with Gasteiger partial charge in [-0.05, 0) is 18.4 Å². The zero-order valence-corrected chi connectivity index (χ0v) is 13.6. The molecule has 1 N–H and O–H groups in total. The normalized spacial score (nSPS) is 20.5. The number of urea groups is 1. The molecule has 0 aromatic heterocycles. The minimum Gasteiger partial charge on any atom is -0.376 e. The van der Waals surface area contributed by atoms with Crippen LogP contribution in [0.15, 0.2) is 30.3 Å². The standard InChI is InChI=1S/C17H19N3O5/c21-14(18-9-13-7-4-8-25-13)11-20-16(23)15(22)19(17(20)24)10-12-5-2-1-3-6-12/h1-3,5-6,13H,4,7-11H2,(H,18,21)/t13-/m1/s1. The monoisotopic (exact) mass is 345 g/mol. The van der Waals surface area contributed by atoms with Crippen LogP contribution >= 0.6 is 0 Å². The van der Waals surface area contributed by atoms with Crippen LogP contribution in [0.5, 0.6) is 0 Å². The molecule has 1 atom stereocenters. The lowest BCUT2D eigenvalue weighted by Gasteiger charge is -2.16. The molecule has 0 bridgehead atoms. The second-order valence-electron chi connectivity index (χ2n) is 5.99. The number of amides is 5. The van der Waals surface area contributed by atoms with Gasteiger partial charge >= 0.3 is 17.8 Å². The highest BCUT2D eigenvalue weighted by Gasteiger charge is 2.45. The second kappa shape index (κ2) is 7.43. The Kier molecular flexibility index (Phi) is 5.08. The predicted molar refractivity (Wildman–Crippen MR) is 86.1 cm³/mol. The van der Waals surface area contributed by atoms with Gasteiger partial charge in [-0.2, -0.15) is 0 Å². The summed E-state index contributed by atoms with van der Waals surface area (Å²) in [5, 5.41) is 2.63. The lowest BCUT2D eigenvalue weighted by atomic mass is 10.2. The van der Waals surface area contributed by atoms with Gasteiger partial charge in [0.1, 0.15) is 6.54 Å². The highest BCUT2D eigenvalue weighted by Crippen LogP contribution is 2.16. The van der Waals surface area contributed by atoms with Crippen LogP contribution in [0.25, 0.3) is 0 Å². The van der Waals surface area contributed by atoms with Gasteiger partial charge in [-0.25, -0.2) is 9.69 Å². The molecule has 0 aliphatic carbocycles. The van der Waals surface area contributed by atoms with Crippen molar-refractivity contribution in [3.63, 3.8) is 0 Å². The lowest BCUT2D eigenvalue weighted by Crippen LogP contribution is -2.43. The Morgan fingerprint density at radius 2 is 1.84 bits per heavy atom. The van der Waals surface area contributed by atoms with E-state index in [1.807, 2.05) is 6.07 Å². The SMILES string of the molecule is O=C(CN1C(=O)C(=O)N(Cc2ccccc2)C1=O)NC[C@H]1CCCO1. The molecular weight excluding hydrogens is 326 g/mol. The number of imide groups is 2. The third-order valence-electron chi connectivity index (χ3n) is 4.17. The minimum atomic E-state index is -0.979. The third-order valence-corrected chi connectivity index (χ3v) is 4.17. The number of nitrogens with zero attached hydrogens (tertiary/aromatic N) is 2. The van der Waals surface area contributed by atoms with Crippen LogP contribution in [0, 0.1) is 0 Å². The average Bonchev–Trinajstić information content (AvgIpc) is 3.20. The van der Waals surface area contributed by atoms with Gasteiger partial charge in [-0.15, -0.1) is 0 Å². The molecule has 0 unspecified atom stereocenters. The first-order valence-electron chi connectivity index (χ1n) is 8.16. The zero-order chi connectivity index (χ0) is 17.8. The van der Waals surface area contributed by atoms with Crippen molar-refractivity contribution in [1.29, 1.82) is 0 Å².